The van der Waals surface area contributed by atoms with Gasteiger partial charge in [-0.05, 0) is 54.4 Å². The number of ether oxygens (including phenoxy) is 1. The summed E-state index contributed by atoms with van der Waals surface area (Å²) in [4.78, 5) is 35.3. The average molecular weight is 437 g/mol. The van der Waals surface area contributed by atoms with Gasteiger partial charge in [-0.3, -0.25) is 9.59 Å². The third-order valence-electron chi connectivity index (χ3n) is 6.43. The van der Waals surface area contributed by atoms with Gasteiger partial charge in [0.2, 0.25) is 5.91 Å². The van der Waals surface area contributed by atoms with Crippen LogP contribution < -0.4 is 10.6 Å². The number of carbonyl (C=O) groups excluding carboxylic acids is 2. The molecule has 0 aliphatic heterocycles. The summed E-state index contributed by atoms with van der Waals surface area (Å²) in [5.41, 5.74) is 4.71. The monoisotopic (exact) mass is 436 g/mol. The molecule has 0 heterocycles. The number of rotatable bonds is 7. The van der Waals surface area contributed by atoms with Gasteiger partial charge in [-0.1, -0.05) is 48.5 Å². The Balaban J connectivity index is 1.27. The zero-order valence-corrected chi connectivity index (χ0v) is 18.0. The van der Waals surface area contributed by atoms with Gasteiger partial charge in [-0.25, -0.2) is 4.79 Å². The Morgan fingerprint density at radius 1 is 1.03 bits per heavy atom. The Kier molecular flexibility index (Phi) is 6.44. The van der Waals surface area contributed by atoms with Gasteiger partial charge in [-0.2, -0.15) is 0 Å². The standard InChI is InChI=1S/C25H28N2O5/c1-15(24(29)30)26-23(28)13-16-10-11-17(12-16)27-25(31)32-14-22-20-8-4-2-6-18(20)19-7-3-5-9-21(19)22/h2-9,15-17,22H,10-14H2,1H3,(H,26,28)(H,27,31)(H,29,30). The summed E-state index contributed by atoms with van der Waals surface area (Å²) in [6.45, 7) is 1.71. The van der Waals surface area contributed by atoms with Gasteiger partial charge in [0.15, 0.2) is 0 Å². The molecule has 1 fully saturated rings. The first-order valence-corrected chi connectivity index (χ1v) is 11.1. The van der Waals surface area contributed by atoms with E-state index in [1.54, 1.807) is 0 Å². The van der Waals surface area contributed by atoms with Gasteiger partial charge in [-0.15, -0.1) is 0 Å². The Morgan fingerprint density at radius 2 is 1.66 bits per heavy atom. The summed E-state index contributed by atoms with van der Waals surface area (Å²) in [6.07, 6.45) is 2.08. The van der Waals surface area contributed by atoms with Crippen LogP contribution in [0.1, 0.15) is 49.7 Å². The number of nitrogens with one attached hydrogen (secondary N) is 2. The van der Waals surface area contributed by atoms with Crippen molar-refractivity contribution in [2.75, 3.05) is 6.61 Å². The van der Waals surface area contributed by atoms with Gasteiger partial charge in [0, 0.05) is 18.4 Å². The van der Waals surface area contributed by atoms with Crippen molar-refractivity contribution in [3.8, 4) is 11.1 Å². The number of alkyl carbamates (subject to hydrolysis) is 1. The van der Waals surface area contributed by atoms with E-state index in [1.165, 1.54) is 29.2 Å². The maximum absolute atomic E-state index is 12.5. The Bertz CT molecular complexity index is 975. The summed E-state index contributed by atoms with van der Waals surface area (Å²) >= 11 is 0. The van der Waals surface area contributed by atoms with E-state index in [0.29, 0.717) is 6.42 Å². The van der Waals surface area contributed by atoms with Crippen LogP contribution in [0.25, 0.3) is 11.1 Å². The van der Waals surface area contributed by atoms with Crippen LogP contribution in [0, 0.1) is 5.92 Å². The Morgan fingerprint density at radius 3 is 2.28 bits per heavy atom. The van der Waals surface area contributed by atoms with E-state index < -0.39 is 18.1 Å². The van der Waals surface area contributed by atoms with Gasteiger partial charge in [0.25, 0.3) is 0 Å². The van der Waals surface area contributed by atoms with Crippen LogP contribution in [0.2, 0.25) is 0 Å². The minimum atomic E-state index is -1.06. The van der Waals surface area contributed by atoms with Gasteiger partial charge in [0.05, 0.1) is 0 Å². The van der Waals surface area contributed by atoms with Crippen molar-refractivity contribution in [2.24, 2.45) is 5.92 Å². The molecule has 0 aromatic heterocycles. The molecule has 2 aliphatic carbocycles. The molecule has 0 bridgehead atoms. The number of amides is 2. The largest absolute Gasteiger partial charge is 0.480 e. The summed E-state index contributed by atoms with van der Waals surface area (Å²) in [7, 11) is 0. The highest BCUT2D eigenvalue weighted by Gasteiger charge is 2.31. The second-order valence-electron chi connectivity index (χ2n) is 8.68. The highest BCUT2D eigenvalue weighted by molar-refractivity contribution is 5.83. The molecule has 3 unspecified atom stereocenters. The summed E-state index contributed by atoms with van der Waals surface area (Å²) < 4.78 is 5.60. The predicted octanol–water partition coefficient (Wildman–Crippen LogP) is 3.67. The lowest BCUT2D eigenvalue weighted by molar-refractivity contribution is -0.141. The minimum Gasteiger partial charge on any atom is -0.480 e. The SMILES string of the molecule is CC(NC(=O)CC1CCC(NC(=O)OCC2c3ccccc3-c3ccccc32)C1)C(=O)O. The van der Waals surface area contributed by atoms with E-state index in [4.69, 9.17) is 9.84 Å². The molecule has 4 rings (SSSR count). The van der Waals surface area contributed by atoms with Crippen LogP contribution in [0.4, 0.5) is 4.79 Å². The Labute approximate surface area is 187 Å². The van der Waals surface area contributed by atoms with E-state index in [0.717, 1.165) is 12.8 Å². The van der Waals surface area contributed by atoms with Crippen LogP contribution >= 0.6 is 0 Å². The summed E-state index contributed by atoms with van der Waals surface area (Å²) in [6, 6.07) is 15.5. The molecular weight excluding hydrogens is 408 g/mol. The van der Waals surface area contributed by atoms with E-state index in [1.807, 2.05) is 24.3 Å². The molecule has 7 heteroatoms. The fraction of sp³-hybridized carbons (Fsp3) is 0.400. The number of carboxylic acid groups (broad SMARTS) is 1. The third kappa shape index (κ3) is 4.77. The molecule has 7 nitrogen and oxygen atoms in total. The van der Waals surface area contributed by atoms with Crippen molar-refractivity contribution in [3.63, 3.8) is 0 Å². The van der Waals surface area contributed by atoms with Crippen molar-refractivity contribution in [2.45, 2.75) is 50.6 Å². The Hall–Kier alpha value is -3.35. The molecular formula is C25H28N2O5. The lowest BCUT2D eigenvalue weighted by Crippen LogP contribution is -2.39. The van der Waals surface area contributed by atoms with E-state index in [-0.39, 0.29) is 36.8 Å². The summed E-state index contributed by atoms with van der Waals surface area (Å²) in [5, 5.41) is 14.3. The molecule has 32 heavy (non-hydrogen) atoms. The van der Waals surface area contributed by atoms with Gasteiger partial charge >= 0.3 is 12.1 Å². The van der Waals surface area contributed by atoms with Crippen molar-refractivity contribution in [3.05, 3.63) is 59.7 Å². The molecule has 2 aliphatic rings. The quantitative estimate of drug-likeness (QED) is 0.614. The number of fused-ring (bicyclic) bond motifs is 3. The first kappa shape index (κ1) is 21.9. The highest BCUT2D eigenvalue weighted by Crippen LogP contribution is 2.44. The van der Waals surface area contributed by atoms with Crippen LogP contribution in [0.15, 0.2) is 48.5 Å². The molecule has 1 saturated carbocycles. The smallest absolute Gasteiger partial charge is 0.407 e. The van der Waals surface area contributed by atoms with Crippen molar-refractivity contribution in [1.29, 1.82) is 0 Å². The van der Waals surface area contributed by atoms with E-state index >= 15 is 0 Å². The first-order valence-electron chi connectivity index (χ1n) is 11.1. The molecule has 0 saturated heterocycles. The normalized spacial score (nSPS) is 20.2. The molecule has 2 aromatic carbocycles. The molecule has 0 spiro atoms. The minimum absolute atomic E-state index is 0.0180. The van der Waals surface area contributed by atoms with Gasteiger partial charge in [0.1, 0.15) is 12.6 Å². The lowest BCUT2D eigenvalue weighted by Gasteiger charge is -2.17. The molecule has 3 N–H and O–H groups in total. The molecule has 3 atom stereocenters. The first-order chi connectivity index (χ1) is 15.4. The molecule has 2 amide bonds. The zero-order chi connectivity index (χ0) is 22.7. The second-order valence-corrected chi connectivity index (χ2v) is 8.68. The number of carboxylic acids is 1. The fourth-order valence-electron chi connectivity index (χ4n) is 4.82. The number of carbonyl (C=O) groups is 3. The lowest BCUT2D eigenvalue weighted by atomic mass is 9.98. The predicted molar refractivity (Wildman–Crippen MR) is 119 cm³/mol. The van der Waals surface area contributed by atoms with Crippen molar-refractivity contribution < 1.29 is 24.2 Å². The molecule has 168 valence electrons. The van der Waals surface area contributed by atoms with Gasteiger partial charge < -0.3 is 20.5 Å². The maximum atomic E-state index is 12.5. The molecule has 0 radical (unpaired) electrons. The van der Waals surface area contributed by atoms with Crippen LogP contribution in [0.3, 0.4) is 0 Å². The average Bonchev–Trinajstić information content (AvgIpc) is 3.34. The summed E-state index contributed by atoms with van der Waals surface area (Å²) in [5.74, 6) is -1.19. The van der Waals surface area contributed by atoms with Crippen molar-refractivity contribution in [1.82, 2.24) is 10.6 Å². The number of hydrogen-bond donors (Lipinski definition) is 3. The topological polar surface area (TPSA) is 105 Å². The van der Waals surface area contributed by atoms with Crippen LogP contribution in [-0.2, 0) is 14.3 Å². The van der Waals surface area contributed by atoms with E-state index in [9.17, 15) is 14.4 Å². The van der Waals surface area contributed by atoms with Crippen LogP contribution in [-0.4, -0.2) is 41.8 Å². The van der Waals surface area contributed by atoms with Crippen molar-refractivity contribution >= 4 is 18.0 Å². The van der Waals surface area contributed by atoms with E-state index in [2.05, 4.69) is 34.9 Å². The number of hydrogen-bond acceptors (Lipinski definition) is 4. The number of benzene rings is 2. The fourth-order valence-corrected chi connectivity index (χ4v) is 4.82. The number of aliphatic carboxylic acids is 1. The third-order valence-corrected chi connectivity index (χ3v) is 6.43. The second kappa shape index (κ2) is 9.42. The molecule has 2 aromatic rings. The van der Waals surface area contributed by atoms with Crippen LogP contribution in [0.5, 0.6) is 0 Å². The zero-order valence-electron chi connectivity index (χ0n) is 18.0. The highest BCUT2D eigenvalue weighted by atomic mass is 16.5. The maximum Gasteiger partial charge on any atom is 0.407 e.